The van der Waals surface area contributed by atoms with Gasteiger partial charge in [-0.15, -0.1) is 0 Å². The zero-order valence-electron chi connectivity index (χ0n) is 7.14. The molecule has 5 nitrogen and oxygen atoms in total. The van der Waals surface area contributed by atoms with Gasteiger partial charge in [0.1, 0.15) is 5.65 Å². The fraction of sp³-hybridized carbons (Fsp3) is 0.250. The molecule has 68 valence electrons. The van der Waals surface area contributed by atoms with Crippen LogP contribution in [-0.2, 0) is 6.54 Å². The molecule has 0 spiro atoms. The van der Waals surface area contributed by atoms with E-state index in [4.69, 9.17) is 5.11 Å². The minimum Gasteiger partial charge on any atom is -0.476 e. The summed E-state index contributed by atoms with van der Waals surface area (Å²) in [6, 6.07) is 1.56. The molecule has 0 aliphatic heterocycles. The van der Waals surface area contributed by atoms with E-state index in [0.29, 0.717) is 0 Å². The van der Waals surface area contributed by atoms with E-state index in [2.05, 4.69) is 5.10 Å². The van der Waals surface area contributed by atoms with Gasteiger partial charge in [0.15, 0.2) is 5.69 Å². The first-order valence-corrected chi connectivity index (χ1v) is 4.00. The van der Waals surface area contributed by atoms with Gasteiger partial charge < -0.3 is 9.67 Å². The smallest absolute Gasteiger partial charge is 0.356 e. The van der Waals surface area contributed by atoms with Crippen molar-refractivity contribution in [3.63, 3.8) is 0 Å². The van der Waals surface area contributed by atoms with Gasteiger partial charge in [-0.25, -0.2) is 9.31 Å². The van der Waals surface area contributed by atoms with Crippen LogP contribution in [0.5, 0.6) is 0 Å². The van der Waals surface area contributed by atoms with Gasteiger partial charge in [0.25, 0.3) is 0 Å². The Balaban J connectivity index is 2.63. The number of hydrogen-bond donors (Lipinski definition) is 1. The standard InChI is InChI=1S/C8H9N3O2/c1-2-10-3-4-11-7(10)5-6(9-11)8(12)13/h3-5H,2H2,1H3,(H,12,13). The molecule has 0 aromatic carbocycles. The van der Waals surface area contributed by atoms with Gasteiger partial charge in [-0.2, -0.15) is 5.10 Å². The second-order valence-electron chi connectivity index (χ2n) is 2.72. The van der Waals surface area contributed by atoms with E-state index < -0.39 is 5.97 Å². The quantitative estimate of drug-likeness (QED) is 0.743. The molecule has 0 saturated heterocycles. The number of carboxylic acid groups (broad SMARTS) is 1. The monoisotopic (exact) mass is 179 g/mol. The zero-order valence-corrected chi connectivity index (χ0v) is 7.14. The normalized spacial score (nSPS) is 10.8. The molecule has 0 atom stereocenters. The summed E-state index contributed by atoms with van der Waals surface area (Å²) in [6.07, 6.45) is 3.61. The van der Waals surface area contributed by atoms with Crippen molar-refractivity contribution in [2.45, 2.75) is 13.5 Å². The van der Waals surface area contributed by atoms with E-state index in [9.17, 15) is 4.79 Å². The van der Waals surface area contributed by atoms with Gasteiger partial charge in [0, 0.05) is 25.0 Å². The van der Waals surface area contributed by atoms with E-state index in [1.807, 2.05) is 17.7 Å². The molecule has 2 heterocycles. The van der Waals surface area contributed by atoms with Gasteiger partial charge in [-0.05, 0) is 6.92 Å². The molecule has 2 aromatic rings. The summed E-state index contributed by atoms with van der Waals surface area (Å²) in [6.45, 7) is 2.80. The summed E-state index contributed by atoms with van der Waals surface area (Å²) in [5.74, 6) is -0.994. The van der Waals surface area contributed by atoms with Crippen molar-refractivity contribution in [3.05, 3.63) is 24.2 Å². The number of nitrogens with zero attached hydrogens (tertiary/aromatic N) is 3. The molecule has 1 N–H and O–H groups in total. The highest BCUT2D eigenvalue weighted by atomic mass is 16.4. The number of fused-ring (bicyclic) bond motifs is 1. The largest absolute Gasteiger partial charge is 0.476 e. The first-order chi connectivity index (χ1) is 6.22. The minimum absolute atomic E-state index is 0.0813. The Morgan fingerprint density at radius 1 is 1.62 bits per heavy atom. The predicted octanol–water partition coefficient (Wildman–Crippen LogP) is 0.854. The number of rotatable bonds is 2. The number of aryl methyl sites for hydroxylation is 1. The van der Waals surface area contributed by atoms with E-state index in [1.165, 1.54) is 0 Å². The lowest BCUT2D eigenvalue weighted by Gasteiger charge is -1.93. The number of aromatic carboxylic acids is 1. The second kappa shape index (κ2) is 2.62. The molecular weight excluding hydrogens is 170 g/mol. The maximum absolute atomic E-state index is 10.6. The molecule has 0 aliphatic rings. The Labute approximate surface area is 74.2 Å². The summed E-state index contributed by atoms with van der Waals surface area (Å²) in [7, 11) is 0. The lowest BCUT2D eigenvalue weighted by Crippen LogP contribution is -1.96. The third kappa shape index (κ3) is 1.09. The topological polar surface area (TPSA) is 59.5 Å². The van der Waals surface area contributed by atoms with Crippen LogP contribution in [0.3, 0.4) is 0 Å². The van der Waals surface area contributed by atoms with Crippen molar-refractivity contribution < 1.29 is 9.90 Å². The summed E-state index contributed by atoms with van der Waals surface area (Å²) in [5, 5.41) is 12.6. The fourth-order valence-electron chi connectivity index (χ4n) is 1.30. The van der Waals surface area contributed by atoms with Gasteiger partial charge >= 0.3 is 5.97 Å². The average Bonchev–Trinajstić information content (AvgIpc) is 2.60. The maximum atomic E-state index is 10.6. The van der Waals surface area contributed by atoms with Crippen molar-refractivity contribution >= 4 is 11.6 Å². The maximum Gasteiger partial charge on any atom is 0.356 e. The second-order valence-corrected chi connectivity index (χ2v) is 2.72. The van der Waals surface area contributed by atoms with E-state index >= 15 is 0 Å². The van der Waals surface area contributed by atoms with Crippen molar-refractivity contribution in [1.29, 1.82) is 0 Å². The van der Waals surface area contributed by atoms with Crippen LogP contribution in [0.15, 0.2) is 18.5 Å². The fourth-order valence-corrected chi connectivity index (χ4v) is 1.30. The van der Waals surface area contributed by atoms with Crippen molar-refractivity contribution in [2.75, 3.05) is 0 Å². The van der Waals surface area contributed by atoms with Crippen LogP contribution in [0, 0.1) is 0 Å². The molecule has 0 fully saturated rings. The molecule has 5 heteroatoms. The third-order valence-corrected chi connectivity index (χ3v) is 1.96. The Hall–Kier alpha value is -1.78. The number of aromatic nitrogens is 3. The lowest BCUT2D eigenvalue weighted by atomic mass is 10.4. The molecule has 0 saturated carbocycles. The van der Waals surface area contributed by atoms with Gasteiger partial charge in [-0.1, -0.05) is 0 Å². The molecular formula is C8H9N3O2. The number of imidazole rings is 1. The van der Waals surface area contributed by atoms with E-state index in [-0.39, 0.29) is 5.69 Å². The van der Waals surface area contributed by atoms with Gasteiger partial charge in [-0.3, -0.25) is 0 Å². The van der Waals surface area contributed by atoms with Crippen LogP contribution in [-0.4, -0.2) is 25.3 Å². The highest BCUT2D eigenvalue weighted by molar-refractivity contribution is 5.86. The Morgan fingerprint density at radius 3 is 3.00 bits per heavy atom. The summed E-state index contributed by atoms with van der Waals surface area (Å²) < 4.78 is 3.49. The summed E-state index contributed by atoms with van der Waals surface area (Å²) in [5.41, 5.74) is 0.887. The zero-order chi connectivity index (χ0) is 9.42. The van der Waals surface area contributed by atoms with Crippen molar-refractivity contribution in [1.82, 2.24) is 14.2 Å². The SMILES string of the molecule is CCn1ccn2nc(C(=O)O)cc12. The highest BCUT2D eigenvalue weighted by Crippen LogP contribution is 2.07. The predicted molar refractivity (Wildman–Crippen MR) is 45.8 cm³/mol. The van der Waals surface area contributed by atoms with Crippen LogP contribution < -0.4 is 0 Å². The first kappa shape index (κ1) is 7.85. The average molecular weight is 179 g/mol. The van der Waals surface area contributed by atoms with Gasteiger partial charge in [0.2, 0.25) is 0 Å². The molecule has 0 amide bonds. The number of carboxylic acids is 1. The number of carbonyl (C=O) groups is 1. The van der Waals surface area contributed by atoms with Crippen LogP contribution in [0.2, 0.25) is 0 Å². The molecule has 0 bridgehead atoms. The van der Waals surface area contributed by atoms with Gasteiger partial charge in [0.05, 0.1) is 0 Å². The lowest BCUT2D eigenvalue weighted by molar-refractivity contribution is 0.0690. The Bertz CT molecular complexity index is 455. The van der Waals surface area contributed by atoms with Crippen molar-refractivity contribution in [3.8, 4) is 0 Å². The Morgan fingerprint density at radius 2 is 2.38 bits per heavy atom. The summed E-state index contributed by atoms with van der Waals surface area (Å²) >= 11 is 0. The molecule has 0 aliphatic carbocycles. The highest BCUT2D eigenvalue weighted by Gasteiger charge is 2.10. The van der Waals surface area contributed by atoms with E-state index in [1.54, 1.807) is 16.8 Å². The van der Waals surface area contributed by atoms with Crippen LogP contribution in [0.1, 0.15) is 17.4 Å². The first-order valence-electron chi connectivity index (χ1n) is 4.00. The van der Waals surface area contributed by atoms with Crippen molar-refractivity contribution in [2.24, 2.45) is 0 Å². The molecule has 0 radical (unpaired) electrons. The molecule has 2 rings (SSSR count). The minimum atomic E-state index is -0.994. The van der Waals surface area contributed by atoms with E-state index in [0.717, 1.165) is 12.2 Å². The number of hydrogen-bond acceptors (Lipinski definition) is 2. The summed E-state index contributed by atoms with van der Waals surface area (Å²) in [4.78, 5) is 10.6. The van der Waals surface area contributed by atoms with Crippen LogP contribution in [0.25, 0.3) is 5.65 Å². The molecule has 13 heavy (non-hydrogen) atoms. The molecule has 2 aromatic heterocycles. The van der Waals surface area contributed by atoms with Crippen LogP contribution in [0.4, 0.5) is 0 Å². The Kier molecular flexibility index (Phi) is 1.58. The third-order valence-electron chi connectivity index (χ3n) is 1.96. The van der Waals surface area contributed by atoms with Crippen LogP contribution >= 0.6 is 0 Å². The molecule has 0 unspecified atom stereocenters.